The lowest BCUT2D eigenvalue weighted by atomic mass is 9.85. The summed E-state index contributed by atoms with van der Waals surface area (Å²) in [7, 11) is 0. The first-order valence-corrected chi connectivity index (χ1v) is 5.18. The molecule has 0 aliphatic heterocycles. The molecule has 1 aliphatic carbocycles. The first kappa shape index (κ1) is 9.32. The van der Waals surface area contributed by atoms with E-state index in [4.69, 9.17) is 0 Å². The number of phenolic OH excluding ortho intramolecular Hbond substituents is 1. The Bertz CT molecular complexity index is 352. The van der Waals surface area contributed by atoms with Crippen molar-refractivity contribution in [3.8, 4) is 5.75 Å². The van der Waals surface area contributed by atoms with Crippen LogP contribution in [0.1, 0.15) is 31.7 Å². The van der Waals surface area contributed by atoms with Crippen LogP contribution in [0, 0.1) is 12.0 Å². The van der Waals surface area contributed by atoms with Gasteiger partial charge in [-0.15, -0.1) is 0 Å². The molecule has 14 heavy (non-hydrogen) atoms. The molecule has 0 spiro atoms. The summed E-state index contributed by atoms with van der Waals surface area (Å²) in [5.74, 6) is 0.904. The molecule has 0 heterocycles. The van der Waals surface area contributed by atoms with Gasteiger partial charge in [-0.1, -0.05) is 25.1 Å². The number of hydrogen-bond acceptors (Lipinski definition) is 1. The minimum absolute atomic E-state index is 0.378. The highest BCUT2D eigenvalue weighted by Gasteiger charge is 2.16. The second-order valence-corrected chi connectivity index (χ2v) is 3.90. The summed E-state index contributed by atoms with van der Waals surface area (Å²) in [5.41, 5.74) is 2.15. The molecule has 1 aliphatic rings. The average Bonchev–Trinajstić information content (AvgIpc) is 2.20. The highest BCUT2D eigenvalue weighted by Crippen LogP contribution is 2.35. The number of benzene rings is 1. The Morgan fingerprint density at radius 3 is 2.86 bits per heavy atom. The van der Waals surface area contributed by atoms with E-state index in [2.05, 4.69) is 13.0 Å². The molecule has 1 heteroatoms. The summed E-state index contributed by atoms with van der Waals surface area (Å²) in [6.45, 7) is 2.20. The van der Waals surface area contributed by atoms with Crippen LogP contribution in [0.3, 0.4) is 0 Å². The van der Waals surface area contributed by atoms with Gasteiger partial charge in [0.25, 0.3) is 0 Å². The predicted octanol–water partition coefficient (Wildman–Crippen LogP) is 3.40. The fraction of sp³-hybridized carbons (Fsp3) is 0.385. The smallest absolute Gasteiger partial charge is 0.123 e. The van der Waals surface area contributed by atoms with Crippen molar-refractivity contribution >= 4 is 5.57 Å². The van der Waals surface area contributed by atoms with E-state index in [0.717, 1.165) is 12.0 Å². The number of hydrogen-bond donors (Lipinski definition) is 1. The van der Waals surface area contributed by atoms with Crippen molar-refractivity contribution in [3.05, 3.63) is 35.9 Å². The van der Waals surface area contributed by atoms with E-state index < -0.39 is 0 Å². The molecule has 0 fully saturated rings. The quantitative estimate of drug-likeness (QED) is 0.714. The monoisotopic (exact) mass is 187 g/mol. The van der Waals surface area contributed by atoms with E-state index in [-0.39, 0.29) is 0 Å². The van der Waals surface area contributed by atoms with Gasteiger partial charge in [0.05, 0.1) is 0 Å². The molecule has 1 radical (unpaired) electrons. The van der Waals surface area contributed by atoms with E-state index in [9.17, 15) is 5.11 Å². The Hall–Kier alpha value is -1.24. The number of aromatic hydroxyl groups is 1. The van der Waals surface area contributed by atoms with E-state index in [1.54, 1.807) is 6.07 Å². The molecule has 0 saturated carbocycles. The van der Waals surface area contributed by atoms with Crippen molar-refractivity contribution in [2.24, 2.45) is 5.92 Å². The molecular formula is C13H15O. The minimum atomic E-state index is 0.378. The van der Waals surface area contributed by atoms with Crippen LogP contribution in [0.25, 0.3) is 5.57 Å². The van der Waals surface area contributed by atoms with Crippen LogP contribution in [-0.4, -0.2) is 5.11 Å². The van der Waals surface area contributed by atoms with E-state index in [1.165, 1.54) is 18.4 Å². The molecule has 1 atom stereocenters. The topological polar surface area (TPSA) is 20.2 Å². The summed E-state index contributed by atoms with van der Waals surface area (Å²) < 4.78 is 0. The number of para-hydroxylation sites is 1. The van der Waals surface area contributed by atoms with Gasteiger partial charge in [-0.2, -0.15) is 0 Å². The molecular weight excluding hydrogens is 172 g/mol. The second kappa shape index (κ2) is 3.87. The van der Waals surface area contributed by atoms with E-state index in [1.807, 2.05) is 18.2 Å². The fourth-order valence-corrected chi connectivity index (χ4v) is 2.01. The highest BCUT2D eigenvalue weighted by atomic mass is 16.3. The SMILES string of the molecule is CC1CCC[C]=C1c1ccccc1O. The van der Waals surface area contributed by atoms with E-state index in [0.29, 0.717) is 11.7 Å². The zero-order valence-corrected chi connectivity index (χ0v) is 8.46. The van der Waals surface area contributed by atoms with Crippen LogP contribution in [0.4, 0.5) is 0 Å². The van der Waals surface area contributed by atoms with Crippen molar-refractivity contribution in [1.82, 2.24) is 0 Å². The Morgan fingerprint density at radius 1 is 1.36 bits per heavy atom. The lowest BCUT2D eigenvalue weighted by Gasteiger charge is -2.20. The van der Waals surface area contributed by atoms with Gasteiger partial charge in [0.15, 0.2) is 0 Å². The molecule has 73 valence electrons. The molecule has 0 aromatic heterocycles. The Kier molecular flexibility index (Phi) is 2.58. The number of rotatable bonds is 1. The van der Waals surface area contributed by atoms with Crippen LogP contribution < -0.4 is 0 Å². The Morgan fingerprint density at radius 2 is 2.14 bits per heavy atom. The first-order chi connectivity index (χ1) is 6.79. The molecule has 1 nitrogen and oxygen atoms in total. The van der Waals surface area contributed by atoms with Crippen LogP contribution in [0.15, 0.2) is 24.3 Å². The van der Waals surface area contributed by atoms with Crippen molar-refractivity contribution in [2.75, 3.05) is 0 Å². The maximum Gasteiger partial charge on any atom is 0.123 e. The maximum atomic E-state index is 9.72. The summed E-state index contributed by atoms with van der Waals surface area (Å²) in [5, 5.41) is 9.72. The number of phenols is 1. The summed E-state index contributed by atoms with van der Waals surface area (Å²) >= 11 is 0. The van der Waals surface area contributed by atoms with Gasteiger partial charge in [-0.3, -0.25) is 0 Å². The normalized spacial score (nSPS) is 21.8. The third-order valence-electron chi connectivity index (χ3n) is 2.82. The maximum absolute atomic E-state index is 9.72. The van der Waals surface area contributed by atoms with Crippen molar-refractivity contribution in [2.45, 2.75) is 26.2 Å². The summed E-state index contributed by atoms with van der Waals surface area (Å²) in [6.07, 6.45) is 6.83. The standard InChI is InChI=1S/C13H15O/c1-10-6-2-3-7-11(10)12-8-4-5-9-13(12)14/h4-5,8-10,14H,2-3,6H2,1H3. The van der Waals surface area contributed by atoms with Crippen molar-refractivity contribution < 1.29 is 5.11 Å². The Balaban J connectivity index is 2.39. The molecule has 2 rings (SSSR count). The third kappa shape index (κ3) is 1.67. The zero-order chi connectivity index (χ0) is 9.97. The first-order valence-electron chi connectivity index (χ1n) is 5.18. The van der Waals surface area contributed by atoms with Gasteiger partial charge in [0.1, 0.15) is 5.75 Å². The summed E-state index contributed by atoms with van der Waals surface area (Å²) in [6, 6.07) is 7.53. The minimum Gasteiger partial charge on any atom is -0.507 e. The number of allylic oxidation sites excluding steroid dienone is 2. The molecule has 1 unspecified atom stereocenters. The largest absolute Gasteiger partial charge is 0.507 e. The van der Waals surface area contributed by atoms with Gasteiger partial charge >= 0.3 is 0 Å². The van der Waals surface area contributed by atoms with Gasteiger partial charge in [-0.05, 0) is 42.9 Å². The summed E-state index contributed by atoms with van der Waals surface area (Å²) in [4.78, 5) is 0. The lowest BCUT2D eigenvalue weighted by molar-refractivity contribution is 0.471. The lowest BCUT2D eigenvalue weighted by Crippen LogP contribution is -2.04. The van der Waals surface area contributed by atoms with Gasteiger partial charge in [-0.25, -0.2) is 0 Å². The van der Waals surface area contributed by atoms with Crippen LogP contribution in [0.2, 0.25) is 0 Å². The van der Waals surface area contributed by atoms with Crippen molar-refractivity contribution in [3.63, 3.8) is 0 Å². The van der Waals surface area contributed by atoms with Gasteiger partial charge in [0, 0.05) is 5.56 Å². The average molecular weight is 187 g/mol. The zero-order valence-electron chi connectivity index (χ0n) is 8.46. The van der Waals surface area contributed by atoms with Crippen LogP contribution in [0.5, 0.6) is 5.75 Å². The van der Waals surface area contributed by atoms with Gasteiger partial charge < -0.3 is 5.11 Å². The molecule has 0 saturated heterocycles. The Labute approximate surface area is 85.1 Å². The highest BCUT2D eigenvalue weighted by molar-refractivity contribution is 5.70. The molecule has 1 N–H and O–H groups in total. The third-order valence-corrected chi connectivity index (χ3v) is 2.82. The van der Waals surface area contributed by atoms with E-state index >= 15 is 0 Å². The van der Waals surface area contributed by atoms with Gasteiger partial charge in [0.2, 0.25) is 0 Å². The fourth-order valence-electron chi connectivity index (χ4n) is 2.01. The molecule has 1 aromatic carbocycles. The predicted molar refractivity (Wildman–Crippen MR) is 57.8 cm³/mol. The molecule has 1 aromatic rings. The van der Waals surface area contributed by atoms with Crippen LogP contribution >= 0.6 is 0 Å². The van der Waals surface area contributed by atoms with Crippen molar-refractivity contribution in [1.29, 1.82) is 0 Å². The second-order valence-electron chi connectivity index (χ2n) is 3.90. The van der Waals surface area contributed by atoms with Crippen LogP contribution in [-0.2, 0) is 0 Å². The molecule has 0 bridgehead atoms. The molecule has 0 amide bonds.